The maximum atomic E-state index is 4.96. The maximum Gasteiger partial charge on any atom is -0.00702 e. The largest absolute Gasteiger partial charge is 0.0929 e. The van der Waals surface area contributed by atoms with Crippen molar-refractivity contribution in [2.75, 3.05) is 0 Å². The quantitative estimate of drug-likeness (QED) is 0.420. The molecule has 0 spiro atoms. The molecule has 0 unspecified atom stereocenters. The summed E-state index contributed by atoms with van der Waals surface area (Å²) in [7, 11) is 0. The van der Waals surface area contributed by atoms with Gasteiger partial charge in [0, 0.05) is 0 Å². The Morgan fingerprint density at radius 1 is 1.08 bits per heavy atom. The van der Waals surface area contributed by atoms with E-state index in [0.29, 0.717) is 0 Å². The second-order valence-electron chi connectivity index (χ2n) is 4.27. The number of rotatable bonds is 7. The van der Waals surface area contributed by atoms with Crippen LogP contribution in [0.3, 0.4) is 0 Å². The predicted octanol–water partition coefficient (Wildman–Crippen LogP) is 4.37. The maximum absolute atomic E-state index is 4.96. The van der Waals surface area contributed by atoms with Crippen LogP contribution in [-0.4, -0.2) is 5.37 Å². The fourth-order valence-electron chi connectivity index (χ4n) is 1.24. The van der Waals surface area contributed by atoms with E-state index in [0.717, 1.165) is 0 Å². The Morgan fingerprint density at radius 3 is 2.17 bits per heavy atom. The first-order valence-electron chi connectivity index (χ1n) is 5.09. The molecule has 0 aliphatic carbocycles. The van der Waals surface area contributed by atoms with Crippen LogP contribution < -0.4 is 0 Å². The van der Waals surface area contributed by atoms with Crippen molar-refractivity contribution in [3.05, 3.63) is 0 Å². The van der Waals surface area contributed by atoms with Crippen LogP contribution in [0, 0.1) is 5.41 Å². The van der Waals surface area contributed by atoms with Gasteiger partial charge in [0.2, 0.25) is 0 Å². The molecule has 0 nitrogen and oxygen atoms in total. The van der Waals surface area contributed by atoms with Gasteiger partial charge in [0.05, 0.1) is 0 Å². The molecule has 0 aliphatic heterocycles. The SMILES string of the molecule is CCCCCCCC(C)(C)C=S. The summed E-state index contributed by atoms with van der Waals surface area (Å²) in [6.07, 6.45) is 8.07. The summed E-state index contributed by atoms with van der Waals surface area (Å²) in [4.78, 5) is 0. The molecule has 0 saturated carbocycles. The minimum absolute atomic E-state index is 0.279. The third kappa shape index (κ3) is 6.78. The van der Waals surface area contributed by atoms with Gasteiger partial charge in [0.25, 0.3) is 0 Å². The first-order valence-corrected chi connectivity index (χ1v) is 5.56. The summed E-state index contributed by atoms with van der Waals surface area (Å²) >= 11 is 4.96. The highest BCUT2D eigenvalue weighted by Gasteiger charge is 2.12. The van der Waals surface area contributed by atoms with Crippen molar-refractivity contribution in [1.82, 2.24) is 0 Å². The molecule has 0 rings (SSSR count). The molecule has 0 radical (unpaired) electrons. The molecule has 0 N–H and O–H groups in total. The summed E-state index contributed by atoms with van der Waals surface area (Å²) in [6, 6.07) is 0. The molecule has 0 aliphatic rings. The van der Waals surface area contributed by atoms with E-state index in [2.05, 4.69) is 20.8 Å². The minimum Gasteiger partial charge on any atom is -0.0929 e. The van der Waals surface area contributed by atoms with Gasteiger partial charge < -0.3 is 0 Å². The van der Waals surface area contributed by atoms with Gasteiger partial charge in [-0.2, -0.15) is 0 Å². The smallest absolute Gasteiger partial charge is 0.00702 e. The van der Waals surface area contributed by atoms with Crippen LogP contribution in [0.15, 0.2) is 0 Å². The van der Waals surface area contributed by atoms with Crippen molar-refractivity contribution >= 4 is 17.6 Å². The first kappa shape index (κ1) is 12.1. The van der Waals surface area contributed by atoms with E-state index in [4.69, 9.17) is 12.2 Å². The summed E-state index contributed by atoms with van der Waals surface area (Å²) < 4.78 is 0. The number of thiocarbonyl (C=S) groups is 1. The lowest BCUT2D eigenvalue weighted by Crippen LogP contribution is -2.10. The summed E-state index contributed by atoms with van der Waals surface area (Å²) in [6.45, 7) is 6.70. The summed E-state index contributed by atoms with van der Waals surface area (Å²) in [5.74, 6) is 0. The van der Waals surface area contributed by atoms with E-state index in [9.17, 15) is 0 Å². The summed E-state index contributed by atoms with van der Waals surface area (Å²) in [5.41, 5.74) is 0.279. The second-order valence-corrected chi connectivity index (χ2v) is 4.51. The van der Waals surface area contributed by atoms with Crippen molar-refractivity contribution in [2.45, 2.75) is 59.3 Å². The van der Waals surface area contributed by atoms with E-state index in [1.807, 2.05) is 5.37 Å². The van der Waals surface area contributed by atoms with Gasteiger partial charge in [-0.15, -0.1) is 0 Å². The zero-order valence-electron chi connectivity index (χ0n) is 8.73. The zero-order chi connectivity index (χ0) is 9.45. The Morgan fingerprint density at radius 2 is 1.67 bits per heavy atom. The third-order valence-corrected chi connectivity index (χ3v) is 2.88. The molecule has 0 aromatic heterocycles. The predicted molar refractivity (Wildman–Crippen MR) is 60.8 cm³/mol. The van der Waals surface area contributed by atoms with E-state index in [1.165, 1.54) is 38.5 Å². The molecule has 0 bridgehead atoms. The molecule has 0 aromatic rings. The lowest BCUT2D eigenvalue weighted by atomic mass is 9.89. The van der Waals surface area contributed by atoms with Crippen LogP contribution in [0.25, 0.3) is 0 Å². The van der Waals surface area contributed by atoms with Crippen LogP contribution in [0.1, 0.15) is 59.3 Å². The number of unbranched alkanes of at least 4 members (excludes halogenated alkanes) is 4. The van der Waals surface area contributed by atoms with Crippen molar-refractivity contribution in [3.8, 4) is 0 Å². The molecular formula is C11H22S. The van der Waals surface area contributed by atoms with E-state index >= 15 is 0 Å². The van der Waals surface area contributed by atoms with Crippen molar-refractivity contribution in [2.24, 2.45) is 5.41 Å². The Balaban J connectivity index is 3.25. The molecule has 0 aromatic carbocycles. The molecule has 0 atom stereocenters. The van der Waals surface area contributed by atoms with Crippen molar-refractivity contribution in [3.63, 3.8) is 0 Å². The highest BCUT2D eigenvalue weighted by Crippen LogP contribution is 2.21. The van der Waals surface area contributed by atoms with Crippen LogP contribution in [0.2, 0.25) is 0 Å². The second kappa shape index (κ2) is 6.59. The molecular weight excluding hydrogens is 164 g/mol. The molecule has 72 valence electrons. The first-order chi connectivity index (χ1) is 5.62. The topological polar surface area (TPSA) is 0 Å². The number of hydrogen-bond acceptors (Lipinski definition) is 1. The highest BCUT2D eigenvalue weighted by molar-refractivity contribution is 7.79. The van der Waals surface area contributed by atoms with Gasteiger partial charge in [-0.3, -0.25) is 0 Å². The van der Waals surface area contributed by atoms with Crippen molar-refractivity contribution < 1.29 is 0 Å². The third-order valence-electron chi connectivity index (χ3n) is 2.24. The van der Waals surface area contributed by atoms with Crippen LogP contribution >= 0.6 is 12.2 Å². The van der Waals surface area contributed by atoms with Crippen LogP contribution in [-0.2, 0) is 0 Å². The Bertz CT molecular complexity index is 116. The van der Waals surface area contributed by atoms with Crippen LogP contribution in [0.4, 0.5) is 0 Å². The normalized spacial score (nSPS) is 11.6. The average molecular weight is 186 g/mol. The standard InChI is InChI=1S/C11H22S/c1-4-5-6-7-8-9-11(2,3)10-12/h10H,4-9H2,1-3H3. The van der Waals surface area contributed by atoms with Gasteiger partial charge in [-0.05, 0) is 17.2 Å². The minimum atomic E-state index is 0.279. The van der Waals surface area contributed by atoms with Gasteiger partial charge >= 0.3 is 0 Å². The molecule has 0 heterocycles. The van der Waals surface area contributed by atoms with Gasteiger partial charge in [-0.25, -0.2) is 0 Å². The average Bonchev–Trinajstić information content (AvgIpc) is 2.04. The Hall–Kier alpha value is 0.0900. The molecule has 0 amide bonds. The fraction of sp³-hybridized carbons (Fsp3) is 0.909. The van der Waals surface area contributed by atoms with Crippen LogP contribution in [0.5, 0.6) is 0 Å². The van der Waals surface area contributed by atoms with Gasteiger partial charge in [0.1, 0.15) is 0 Å². The Labute approximate surface area is 82.7 Å². The monoisotopic (exact) mass is 186 g/mol. The van der Waals surface area contributed by atoms with E-state index in [-0.39, 0.29) is 5.41 Å². The highest BCUT2D eigenvalue weighted by atomic mass is 32.1. The van der Waals surface area contributed by atoms with Gasteiger partial charge in [0.15, 0.2) is 0 Å². The van der Waals surface area contributed by atoms with Gasteiger partial charge in [-0.1, -0.05) is 65.1 Å². The fourth-order valence-corrected chi connectivity index (χ4v) is 1.36. The molecule has 0 fully saturated rings. The Kier molecular flexibility index (Phi) is 6.64. The van der Waals surface area contributed by atoms with Crippen molar-refractivity contribution in [1.29, 1.82) is 0 Å². The molecule has 1 heteroatoms. The van der Waals surface area contributed by atoms with E-state index in [1.54, 1.807) is 0 Å². The summed E-state index contributed by atoms with van der Waals surface area (Å²) in [5, 5.41) is 1.91. The lowest BCUT2D eigenvalue weighted by Gasteiger charge is -2.17. The molecule has 0 saturated heterocycles. The van der Waals surface area contributed by atoms with E-state index < -0.39 is 0 Å². The molecule has 12 heavy (non-hydrogen) atoms. The number of hydrogen-bond donors (Lipinski definition) is 0. The zero-order valence-corrected chi connectivity index (χ0v) is 9.54. The lowest BCUT2D eigenvalue weighted by molar-refractivity contribution is 0.452.